The van der Waals surface area contributed by atoms with Crippen LogP contribution < -0.4 is 4.84 Å². The van der Waals surface area contributed by atoms with E-state index >= 15 is 0 Å². The van der Waals surface area contributed by atoms with Gasteiger partial charge in [0.25, 0.3) is 0 Å². The number of aromatic nitrogens is 2. The highest BCUT2D eigenvalue weighted by Gasteiger charge is 1.96. The number of hydrogen-bond acceptors (Lipinski definition) is 3. The molecule has 0 radical (unpaired) electrons. The zero-order valence-electron chi connectivity index (χ0n) is 5.24. The largest absolute Gasteiger partial charge is 0.331 e. The van der Waals surface area contributed by atoms with E-state index in [-0.39, 0.29) is 0 Å². The first-order valence-corrected chi connectivity index (χ1v) is 3.37. The Bertz CT molecular complexity index is 246. The van der Waals surface area contributed by atoms with Gasteiger partial charge in [-0.2, -0.15) is 0 Å². The first kappa shape index (κ1) is 7.27. The summed E-state index contributed by atoms with van der Waals surface area (Å²) in [5.74, 6) is -0.393. The molecule has 0 bridgehead atoms. The molecule has 1 heterocycles. The summed E-state index contributed by atoms with van der Waals surface area (Å²) in [6.45, 7) is 1.32. The topological polar surface area (TPSA) is 44.1 Å². The molecule has 0 saturated carbocycles. The molecule has 0 N–H and O–H groups in total. The normalized spacial score (nSPS) is 9.40. The third kappa shape index (κ3) is 1.84. The fraction of sp³-hybridized carbons (Fsp3) is 0.200. The second-order valence-corrected chi connectivity index (χ2v) is 2.56. The standard InChI is InChI=1S/C5H5BrN2O2/c1-4(9)10-8-3-5(6)2-7-8/h2-3H,1H3. The van der Waals surface area contributed by atoms with Crippen molar-refractivity contribution in [2.24, 2.45) is 0 Å². The van der Waals surface area contributed by atoms with Crippen molar-refractivity contribution in [3.8, 4) is 0 Å². The van der Waals surface area contributed by atoms with Crippen LogP contribution in [-0.4, -0.2) is 15.9 Å². The minimum atomic E-state index is -0.393. The summed E-state index contributed by atoms with van der Waals surface area (Å²) in [6.07, 6.45) is 3.07. The Labute approximate surface area is 65.9 Å². The lowest BCUT2D eigenvalue weighted by Crippen LogP contribution is -2.16. The van der Waals surface area contributed by atoms with Gasteiger partial charge in [0, 0.05) is 6.92 Å². The van der Waals surface area contributed by atoms with Gasteiger partial charge in [0.15, 0.2) is 0 Å². The van der Waals surface area contributed by atoms with Gasteiger partial charge in [-0.05, 0) is 15.9 Å². The second-order valence-electron chi connectivity index (χ2n) is 1.64. The molecule has 0 aromatic carbocycles. The van der Waals surface area contributed by atoms with E-state index < -0.39 is 5.97 Å². The van der Waals surface area contributed by atoms with Crippen molar-refractivity contribution < 1.29 is 9.63 Å². The predicted molar refractivity (Wildman–Crippen MR) is 37.2 cm³/mol. The fourth-order valence-corrected chi connectivity index (χ4v) is 0.733. The van der Waals surface area contributed by atoms with Gasteiger partial charge < -0.3 is 4.84 Å². The van der Waals surface area contributed by atoms with Crippen molar-refractivity contribution in [2.75, 3.05) is 0 Å². The molecule has 0 unspecified atom stereocenters. The van der Waals surface area contributed by atoms with Crippen molar-refractivity contribution >= 4 is 21.9 Å². The van der Waals surface area contributed by atoms with Crippen LogP contribution in [0.5, 0.6) is 0 Å². The van der Waals surface area contributed by atoms with Crippen LogP contribution >= 0.6 is 15.9 Å². The van der Waals surface area contributed by atoms with Crippen LogP contribution in [0.25, 0.3) is 0 Å². The summed E-state index contributed by atoms with van der Waals surface area (Å²) in [6, 6.07) is 0. The van der Waals surface area contributed by atoms with Crippen LogP contribution in [0, 0.1) is 0 Å². The van der Waals surface area contributed by atoms with Crippen LogP contribution in [0.1, 0.15) is 6.92 Å². The average molecular weight is 205 g/mol. The summed E-state index contributed by atoms with van der Waals surface area (Å²) < 4.78 is 0.772. The van der Waals surface area contributed by atoms with Gasteiger partial charge in [0.1, 0.15) is 0 Å². The van der Waals surface area contributed by atoms with Gasteiger partial charge in [-0.1, -0.05) is 4.85 Å². The quantitative estimate of drug-likeness (QED) is 0.674. The fourth-order valence-electron chi connectivity index (χ4n) is 0.466. The Kier molecular flexibility index (Phi) is 2.06. The zero-order chi connectivity index (χ0) is 7.56. The number of carbonyl (C=O) groups excluding carboxylic acids is 1. The Hall–Kier alpha value is -0.840. The van der Waals surface area contributed by atoms with Crippen molar-refractivity contribution in [1.29, 1.82) is 0 Å². The highest BCUT2D eigenvalue weighted by Crippen LogP contribution is 2.04. The number of nitrogens with zero attached hydrogens (tertiary/aromatic N) is 2. The minimum absolute atomic E-state index is 0.393. The van der Waals surface area contributed by atoms with Crippen molar-refractivity contribution in [3.63, 3.8) is 0 Å². The Morgan fingerprint density at radius 1 is 1.90 bits per heavy atom. The van der Waals surface area contributed by atoms with Gasteiger partial charge in [-0.15, -0.1) is 5.10 Å². The molecule has 1 rings (SSSR count). The molecule has 0 saturated heterocycles. The molecule has 10 heavy (non-hydrogen) atoms. The Balaban J connectivity index is 2.67. The lowest BCUT2D eigenvalue weighted by atomic mass is 10.8. The second kappa shape index (κ2) is 2.83. The number of carbonyl (C=O) groups is 1. The highest BCUT2D eigenvalue weighted by molar-refractivity contribution is 9.10. The van der Waals surface area contributed by atoms with Gasteiger partial charge >= 0.3 is 5.97 Å². The van der Waals surface area contributed by atoms with Crippen molar-refractivity contribution in [3.05, 3.63) is 16.9 Å². The van der Waals surface area contributed by atoms with Gasteiger partial charge in [-0.25, -0.2) is 4.79 Å². The summed E-state index contributed by atoms with van der Waals surface area (Å²) in [5.41, 5.74) is 0. The van der Waals surface area contributed by atoms with Gasteiger partial charge in [-0.3, -0.25) is 0 Å². The molecule has 0 aliphatic heterocycles. The van der Waals surface area contributed by atoms with E-state index in [1.165, 1.54) is 13.1 Å². The Morgan fingerprint density at radius 2 is 2.60 bits per heavy atom. The van der Waals surface area contributed by atoms with Crippen LogP contribution in [-0.2, 0) is 4.79 Å². The molecule has 0 spiro atoms. The SMILES string of the molecule is CC(=O)On1cc(Br)cn1. The van der Waals surface area contributed by atoms with E-state index in [4.69, 9.17) is 0 Å². The summed E-state index contributed by atoms with van der Waals surface area (Å²) in [5, 5.41) is 3.68. The number of hydrogen-bond donors (Lipinski definition) is 0. The summed E-state index contributed by atoms with van der Waals surface area (Å²) in [4.78, 5) is 16.0. The third-order valence-electron chi connectivity index (χ3n) is 0.751. The lowest BCUT2D eigenvalue weighted by Gasteiger charge is -1.95. The molecular formula is C5H5BrN2O2. The third-order valence-corrected chi connectivity index (χ3v) is 1.16. The molecule has 0 aliphatic rings. The lowest BCUT2D eigenvalue weighted by molar-refractivity contribution is -0.143. The summed E-state index contributed by atoms with van der Waals surface area (Å²) in [7, 11) is 0. The van der Waals surface area contributed by atoms with E-state index in [9.17, 15) is 4.79 Å². The molecule has 0 amide bonds. The van der Waals surface area contributed by atoms with E-state index in [0.717, 1.165) is 9.32 Å². The molecule has 1 aromatic heterocycles. The first-order valence-electron chi connectivity index (χ1n) is 2.57. The molecule has 0 fully saturated rings. The van der Waals surface area contributed by atoms with Crippen LogP contribution in [0.4, 0.5) is 0 Å². The molecule has 0 aliphatic carbocycles. The average Bonchev–Trinajstić information content (AvgIpc) is 2.13. The number of halogens is 1. The summed E-state index contributed by atoms with van der Waals surface area (Å²) >= 11 is 3.15. The van der Waals surface area contributed by atoms with Crippen molar-refractivity contribution in [1.82, 2.24) is 9.94 Å². The maximum Gasteiger partial charge on any atom is 0.331 e. The van der Waals surface area contributed by atoms with E-state index in [0.29, 0.717) is 0 Å². The predicted octanol–water partition coefficient (Wildman–Crippen LogP) is 0.621. The van der Waals surface area contributed by atoms with E-state index in [1.54, 1.807) is 6.20 Å². The molecular weight excluding hydrogens is 200 g/mol. The van der Waals surface area contributed by atoms with Crippen LogP contribution in [0.3, 0.4) is 0 Å². The van der Waals surface area contributed by atoms with E-state index in [1.807, 2.05) is 0 Å². The van der Waals surface area contributed by atoms with Crippen LogP contribution in [0.15, 0.2) is 16.9 Å². The van der Waals surface area contributed by atoms with Crippen molar-refractivity contribution in [2.45, 2.75) is 6.92 Å². The van der Waals surface area contributed by atoms with Crippen LogP contribution in [0.2, 0.25) is 0 Å². The first-order chi connectivity index (χ1) is 4.68. The minimum Gasteiger partial charge on any atom is -0.320 e. The van der Waals surface area contributed by atoms with Gasteiger partial charge in [0.2, 0.25) is 0 Å². The maximum absolute atomic E-state index is 10.3. The zero-order valence-corrected chi connectivity index (χ0v) is 6.83. The maximum atomic E-state index is 10.3. The molecule has 5 heteroatoms. The number of rotatable bonds is 1. The molecule has 0 atom stereocenters. The molecule has 54 valence electrons. The Morgan fingerprint density at radius 3 is 3.00 bits per heavy atom. The monoisotopic (exact) mass is 204 g/mol. The molecule has 1 aromatic rings. The van der Waals surface area contributed by atoms with Gasteiger partial charge in [0.05, 0.1) is 16.9 Å². The molecule has 4 nitrogen and oxygen atoms in total. The smallest absolute Gasteiger partial charge is 0.320 e. The van der Waals surface area contributed by atoms with E-state index in [2.05, 4.69) is 25.9 Å². The highest BCUT2D eigenvalue weighted by atomic mass is 79.9.